The van der Waals surface area contributed by atoms with Crippen molar-refractivity contribution in [2.45, 2.75) is 37.1 Å². The summed E-state index contributed by atoms with van der Waals surface area (Å²) in [6, 6.07) is 15.9. The molecule has 5 nitrogen and oxygen atoms in total. The zero-order chi connectivity index (χ0) is 23.0. The minimum atomic E-state index is -3.18. The van der Waals surface area contributed by atoms with Gasteiger partial charge in [-0.3, -0.25) is 0 Å². The van der Waals surface area contributed by atoms with E-state index in [1.54, 1.807) is 18.3 Å². The smallest absolute Gasteiger partial charge is 0.175 e. The summed E-state index contributed by atoms with van der Waals surface area (Å²) in [6.07, 6.45) is 7.71. The predicted octanol–water partition coefficient (Wildman–Crippen LogP) is 5.36. The topological polar surface area (TPSA) is 53.5 Å². The molecule has 0 radical (unpaired) electrons. The largest absolute Gasteiger partial charge is 0.367 e. The van der Waals surface area contributed by atoms with Gasteiger partial charge in [0, 0.05) is 49.9 Å². The van der Waals surface area contributed by atoms with Gasteiger partial charge in [0.25, 0.3) is 0 Å². The summed E-state index contributed by atoms with van der Waals surface area (Å²) in [7, 11) is -3.18. The fraction of sp³-hybridized carbons (Fsp3) is 0.346. The third kappa shape index (κ3) is 4.73. The number of aromatic nitrogens is 1. The maximum absolute atomic E-state index is 11.7. The Hall–Kier alpha value is -2.57. The Labute approximate surface area is 200 Å². The molecule has 2 aliphatic rings. The highest BCUT2D eigenvalue weighted by atomic mass is 35.5. The van der Waals surface area contributed by atoms with E-state index in [4.69, 9.17) is 11.6 Å². The van der Waals surface area contributed by atoms with Crippen LogP contribution in [-0.2, 0) is 22.8 Å². The van der Waals surface area contributed by atoms with E-state index in [0.29, 0.717) is 9.92 Å². The summed E-state index contributed by atoms with van der Waals surface area (Å²) < 4.78 is 23.5. The van der Waals surface area contributed by atoms with E-state index in [9.17, 15) is 8.42 Å². The number of fused-ring (bicyclic) bond motifs is 1. The van der Waals surface area contributed by atoms with Crippen LogP contribution in [0.25, 0.3) is 11.1 Å². The molecule has 2 aromatic carbocycles. The summed E-state index contributed by atoms with van der Waals surface area (Å²) in [6.45, 7) is 3.77. The van der Waals surface area contributed by atoms with Crippen LogP contribution >= 0.6 is 11.6 Å². The SMILES string of the molecule is CS(=O)(=O)c1ccc(CN2CCc3ccc(-c4cc(N5CCCCC5)ncc4Cl)cc32)cc1. The number of benzene rings is 2. The number of pyridine rings is 1. The second-order valence-corrected chi connectivity index (χ2v) is 11.4. The number of hydrogen-bond acceptors (Lipinski definition) is 5. The zero-order valence-corrected chi connectivity index (χ0v) is 20.4. The van der Waals surface area contributed by atoms with Crippen LogP contribution in [0.3, 0.4) is 0 Å². The van der Waals surface area contributed by atoms with Crippen molar-refractivity contribution in [3.8, 4) is 11.1 Å². The monoisotopic (exact) mass is 481 g/mol. The average molecular weight is 482 g/mol. The van der Waals surface area contributed by atoms with E-state index in [1.165, 1.54) is 36.8 Å². The Morgan fingerprint density at radius 2 is 1.73 bits per heavy atom. The number of nitrogens with zero attached hydrogens (tertiary/aromatic N) is 3. The van der Waals surface area contributed by atoms with Crippen molar-refractivity contribution in [1.82, 2.24) is 4.98 Å². The maximum Gasteiger partial charge on any atom is 0.175 e. The first-order valence-electron chi connectivity index (χ1n) is 11.5. The van der Waals surface area contributed by atoms with Crippen LogP contribution in [0.4, 0.5) is 11.5 Å². The summed E-state index contributed by atoms with van der Waals surface area (Å²) in [5.74, 6) is 0.998. The first kappa shape index (κ1) is 22.2. The Kier molecular flexibility index (Phi) is 6.06. The molecule has 0 amide bonds. The molecule has 0 saturated carbocycles. The first-order valence-corrected chi connectivity index (χ1v) is 13.7. The van der Waals surface area contributed by atoms with Crippen molar-refractivity contribution in [1.29, 1.82) is 0 Å². The number of sulfone groups is 1. The van der Waals surface area contributed by atoms with Crippen molar-refractivity contribution < 1.29 is 8.42 Å². The van der Waals surface area contributed by atoms with Gasteiger partial charge >= 0.3 is 0 Å². The van der Waals surface area contributed by atoms with Crippen LogP contribution in [0.1, 0.15) is 30.4 Å². The van der Waals surface area contributed by atoms with Crippen molar-refractivity contribution in [2.24, 2.45) is 0 Å². The lowest BCUT2D eigenvalue weighted by Crippen LogP contribution is -2.30. The summed E-state index contributed by atoms with van der Waals surface area (Å²) in [5, 5.41) is 0.664. The third-order valence-electron chi connectivity index (χ3n) is 6.63. The average Bonchev–Trinajstić information content (AvgIpc) is 3.21. The van der Waals surface area contributed by atoms with Crippen molar-refractivity contribution in [3.05, 3.63) is 70.9 Å². The molecule has 0 aliphatic carbocycles. The Balaban J connectivity index is 1.41. The lowest BCUT2D eigenvalue weighted by Gasteiger charge is -2.28. The minimum Gasteiger partial charge on any atom is -0.367 e. The second-order valence-electron chi connectivity index (χ2n) is 9.00. The van der Waals surface area contributed by atoms with Crippen LogP contribution in [0.2, 0.25) is 5.02 Å². The van der Waals surface area contributed by atoms with Gasteiger partial charge in [0.15, 0.2) is 9.84 Å². The molecule has 1 aromatic heterocycles. The lowest BCUT2D eigenvalue weighted by molar-refractivity contribution is 0.573. The summed E-state index contributed by atoms with van der Waals surface area (Å²) in [4.78, 5) is 9.66. The van der Waals surface area contributed by atoms with Gasteiger partial charge in [0.05, 0.1) is 9.92 Å². The van der Waals surface area contributed by atoms with Gasteiger partial charge in [0.1, 0.15) is 5.82 Å². The zero-order valence-electron chi connectivity index (χ0n) is 18.8. The molecule has 0 unspecified atom stereocenters. The third-order valence-corrected chi connectivity index (χ3v) is 8.06. The summed E-state index contributed by atoms with van der Waals surface area (Å²) in [5.41, 5.74) is 5.74. The van der Waals surface area contributed by atoms with E-state index in [1.807, 2.05) is 12.1 Å². The molecule has 172 valence electrons. The second kappa shape index (κ2) is 8.99. The Morgan fingerprint density at radius 3 is 2.45 bits per heavy atom. The van der Waals surface area contributed by atoms with Crippen molar-refractivity contribution in [2.75, 3.05) is 35.7 Å². The molecule has 0 bridgehead atoms. The quantitative estimate of drug-likeness (QED) is 0.491. The molecular weight excluding hydrogens is 454 g/mol. The van der Waals surface area contributed by atoms with Gasteiger partial charge in [-0.15, -0.1) is 0 Å². The fourth-order valence-corrected chi connectivity index (χ4v) is 5.63. The van der Waals surface area contributed by atoms with Crippen molar-refractivity contribution >= 4 is 32.9 Å². The molecule has 7 heteroatoms. The predicted molar refractivity (Wildman–Crippen MR) is 135 cm³/mol. The lowest BCUT2D eigenvalue weighted by atomic mass is 10.0. The molecule has 2 aliphatic heterocycles. The molecule has 0 atom stereocenters. The van der Waals surface area contributed by atoms with Crippen LogP contribution in [0.15, 0.2) is 59.6 Å². The Morgan fingerprint density at radius 1 is 0.970 bits per heavy atom. The number of hydrogen-bond donors (Lipinski definition) is 0. The molecule has 3 aromatic rings. The standard InChI is InChI=1S/C26H28ClN3O2S/c1-33(31,32)22-9-5-19(6-10-22)18-30-14-11-20-7-8-21(15-25(20)30)23-16-26(28-17-24(23)27)29-12-3-2-4-13-29/h5-10,15-17H,2-4,11-14,18H2,1H3. The van der Waals surface area contributed by atoms with E-state index >= 15 is 0 Å². The molecular formula is C26H28ClN3O2S. The van der Waals surface area contributed by atoms with Gasteiger partial charge in [-0.05, 0) is 66.6 Å². The van der Waals surface area contributed by atoms with Crippen LogP contribution in [0, 0.1) is 0 Å². The van der Waals surface area contributed by atoms with Crippen LogP contribution in [-0.4, -0.2) is 39.3 Å². The van der Waals surface area contributed by atoms with Crippen molar-refractivity contribution in [3.63, 3.8) is 0 Å². The van der Waals surface area contributed by atoms with Gasteiger partial charge in [-0.25, -0.2) is 13.4 Å². The van der Waals surface area contributed by atoms with Crippen LogP contribution in [0.5, 0.6) is 0 Å². The van der Waals surface area contributed by atoms with Gasteiger partial charge < -0.3 is 9.80 Å². The molecule has 33 heavy (non-hydrogen) atoms. The molecule has 3 heterocycles. The van der Waals surface area contributed by atoms with Gasteiger partial charge in [0.2, 0.25) is 0 Å². The molecule has 1 saturated heterocycles. The highest BCUT2D eigenvalue weighted by molar-refractivity contribution is 7.90. The van der Waals surface area contributed by atoms with E-state index in [-0.39, 0.29) is 0 Å². The fourth-order valence-electron chi connectivity index (χ4n) is 4.78. The molecule has 5 rings (SSSR count). The minimum absolute atomic E-state index is 0.354. The summed E-state index contributed by atoms with van der Waals surface area (Å²) >= 11 is 6.59. The normalized spacial score (nSPS) is 16.2. The molecule has 0 N–H and O–H groups in total. The maximum atomic E-state index is 11.7. The Bertz CT molecular complexity index is 1270. The van der Waals surface area contributed by atoms with E-state index in [0.717, 1.165) is 55.1 Å². The highest BCUT2D eigenvalue weighted by Gasteiger charge is 2.21. The number of rotatable bonds is 5. The van der Waals surface area contributed by atoms with Gasteiger partial charge in [-0.2, -0.15) is 0 Å². The van der Waals surface area contributed by atoms with E-state index < -0.39 is 9.84 Å². The van der Waals surface area contributed by atoms with Crippen LogP contribution < -0.4 is 9.80 Å². The molecule has 1 fully saturated rings. The van der Waals surface area contributed by atoms with Gasteiger partial charge in [-0.1, -0.05) is 35.9 Å². The van der Waals surface area contributed by atoms with E-state index in [2.05, 4.69) is 39.0 Å². The number of halogens is 1. The number of piperidine rings is 1. The highest BCUT2D eigenvalue weighted by Crippen LogP contribution is 2.37. The first-order chi connectivity index (χ1) is 15.9. The number of anilines is 2. The molecule has 0 spiro atoms.